The van der Waals surface area contributed by atoms with Crippen LogP contribution in [0.15, 0.2) is 78.9 Å². The molecular formula is C29H28F3N3O5. The number of amides is 3. The Morgan fingerprint density at radius 2 is 1.50 bits per heavy atom. The quantitative estimate of drug-likeness (QED) is 0.285. The molecule has 40 heavy (non-hydrogen) atoms. The van der Waals surface area contributed by atoms with Crippen LogP contribution in [-0.2, 0) is 20.5 Å². The Labute approximate surface area is 229 Å². The third kappa shape index (κ3) is 8.42. The average Bonchev–Trinajstić information content (AvgIpc) is 2.89. The molecule has 0 heterocycles. The first-order chi connectivity index (χ1) is 18.7. The number of carbonyl (C=O) groups is 4. The normalized spacial score (nSPS) is 11.3. The van der Waals surface area contributed by atoms with Crippen LogP contribution in [-0.4, -0.2) is 42.4 Å². The van der Waals surface area contributed by atoms with Gasteiger partial charge in [0.2, 0.25) is 5.91 Å². The number of rotatable bonds is 8. The van der Waals surface area contributed by atoms with Gasteiger partial charge in [0.05, 0.1) is 17.8 Å². The number of hydrogen-bond acceptors (Lipinski definition) is 5. The molecule has 0 radical (unpaired) electrons. The van der Waals surface area contributed by atoms with Crippen molar-refractivity contribution in [2.75, 3.05) is 23.3 Å². The molecule has 0 saturated carbocycles. The molecule has 0 aliphatic carbocycles. The number of ether oxygens (including phenoxy) is 1. The van der Waals surface area contributed by atoms with E-state index >= 15 is 0 Å². The number of carbonyl (C=O) groups excluding carboxylic acids is 4. The minimum atomic E-state index is -4.60. The number of para-hydroxylation sites is 1. The molecule has 8 nitrogen and oxygen atoms in total. The monoisotopic (exact) mass is 555 g/mol. The van der Waals surface area contributed by atoms with Gasteiger partial charge in [0.15, 0.2) is 5.78 Å². The number of hydrogen-bond donors (Lipinski definition) is 2. The van der Waals surface area contributed by atoms with Crippen LogP contribution < -0.4 is 15.5 Å². The second kappa shape index (κ2) is 12.5. The lowest BCUT2D eigenvalue weighted by Crippen LogP contribution is -2.45. The Hall–Kier alpha value is -4.67. The number of nitrogens with zero attached hydrogens (tertiary/aromatic N) is 1. The summed E-state index contributed by atoms with van der Waals surface area (Å²) in [7, 11) is 0. The highest BCUT2D eigenvalue weighted by Gasteiger charge is 2.31. The second-order valence-electron chi connectivity index (χ2n) is 9.66. The Balaban J connectivity index is 1.83. The maximum atomic E-state index is 13.3. The van der Waals surface area contributed by atoms with Gasteiger partial charge in [0, 0.05) is 16.8 Å². The van der Waals surface area contributed by atoms with Crippen LogP contribution >= 0.6 is 0 Å². The number of esters is 1. The summed E-state index contributed by atoms with van der Waals surface area (Å²) in [4.78, 5) is 52.7. The van der Waals surface area contributed by atoms with Gasteiger partial charge in [-0.1, -0.05) is 48.5 Å². The van der Waals surface area contributed by atoms with Crippen LogP contribution in [0.5, 0.6) is 0 Å². The van der Waals surface area contributed by atoms with Crippen molar-refractivity contribution in [1.82, 2.24) is 5.32 Å². The number of nitrogens with one attached hydrogen (secondary N) is 2. The summed E-state index contributed by atoms with van der Waals surface area (Å²) >= 11 is 0. The first kappa shape index (κ1) is 29.9. The topological polar surface area (TPSA) is 105 Å². The summed E-state index contributed by atoms with van der Waals surface area (Å²) in [6.45, 7) is 3.77. The molecule has 3 rings (SSSR count). The zero-order chi connectivity index (χ0) is 29.5. The molecule has 0 saturated heterocycles. The van der Waals surface area contributed by atoms with Gasteiger partial charge in [-0.05, 0) is 51.1 Å². The molecule has 0 atom stereocenters. The predicted molar refractivity (Wildman–Crippen MR) is 143 cm³/mol. The van der Waals surface area contributed by atoms with Gasteiger partial charge in [0.1, 0.15) is 12.1 Å². The second-order valence-corrected chi connectivity index (χ2v) is 9.66. The van der Waals surface area contributed by atoms with E-state index in [1.165, 1.54) is 18.2 Å². The molecule has 0 unspecified atom stereocenters. The number of anilines is 2. The molecule has 3 amide bonds. The van der Waals surface area contributed by atoms with Crippen LogP contribution in [0.2, 0.25) is 0 Å². The molecule has 3 aromatic carbocycles. The summed E-state index contributed by atoms with van der Waals surface area (Å²) in [6, 6.07) is 17.6. The van der Waals surface area contributed by atoms with Gasteiger partial charge in [-0.25, -0.2) is 4.79 Å². The van der Waals surface area contributed by atoms with E-state index in [2.05, 4.69) is 10.6 Å². The van der Waals surface area contributed by atoms with Crippen molar-refractivity contribution in [3.05, 3.63) is 95.6 Å². The van der Waals surface area contributed by atoms with Gasteiger partial charge in [-0.3, -0.25) is 19.3 Å². The smallest absolute Gasteiger partial charge is 0.416 e. The van der Waals surface area contributed by atoms with Gasteiger partial charge >= 0.3 is 18.2 Å². The highest BCUT2D eigenvalue weighted by molar-refractivity contribution is 6.15. The van der Waals surface area contributed by atoms with Crippen LogP contribution in [0.25, 0.3) is 0 Å². The Morgan fingerprint density at radius 1 is 0.850 bits per heavy atom. The van der Waals surface area contributed by atoms with Crippen LogP contribution in [0.4, 0.5) is 29.3 Å². The van der Waals surface area contributed by atoms with Crippen LogP contribution in [0, 0.1) is 0 Å². The van der Waals surface area contributed by atoms with E-state index in [0.717, 1.165) is 23.1 Å². The molecule has 2 N–H and O–H groups in total. The van der Waals surface area contributed by atoms with Gasteiger partial charge in [-0.15, -0.1) is 0 Å². The van der Waals surface area contributed by atoms with Crippen LogP contribution in [0.3, 0.4) is 0 Å². The molecular weight excluding hydrogens is 527 g/mol. The number of alkyl halides is 3. The number of benzene rings is 3. The highest BCUT2D eigenvalue weighted by Crippen LogP contribution is 2.30. The SMILES string of the molecule is CC(C)(C)OC(=O)CN(C(=O)CNC(=O)Nc1cccc(C(F)(F)F)c1)c1ccccc1C(=O)c1ccccc1. The number of urea groups is 1. The fourth-order valence-corrected chi connectivity index (χ4v) is 3.66. The summed E-state index contributed by atoms with van der Waals surface area (Å²) < 4.78 is 44.3. The number of ketones is 1. The summed E-state index contributed by atoms with van der Waals surface area (Å²) in [5, 5.41) is 4.53. The van der Waals surface area contributed by atoms with Crippen molar-refractivity contribution in [3.8, 4) is 0 Å². The first-order valence-corrected chi connectivity index (χ1v) is 12.2. The van der Waals surface area contributed by atoms with E-state index in [1.54, 1.807) is 63.2 Å². The highest BCUT2D eigenvalue weighted by atomic mass is 19.4. The predicted octanol–water partition coefficient (Wildman–Crippen LogP) is 5.43. The Kier molecular flexibility index (Phi) is 9.31. The van der Waals surface area contributed by atoms with Crippen LogP contribution in [0.1, 0.15) is 42.3 Å². The average molecular weight is 556 g/mol. The van der Waals surface area contributed by atoms with E-state index in [1.807, 2.05) is 0 Å². The molecule has 0 aliphatic heterocycles. The molecule has 0 aromatic heterocycles. The molecule has 0 spiro atoms. The minimum absolute atomic E-state index is 0.118. The standard InChI is InChI=1S/C29H28F3N3O5/c1-28(2,3)40-25(37)18-35(23-15-8-7-14-22(23)26(38)19-10-5-4-6-11-19)24(36)17-33-27(39)34-21-13-9-12-20(16-21)29(30,31)32/h4-16H,17-18H2,1-3H3,(H2,33,34,39). The zero-order valence-electron chi connectivity index (χ0n) is 22.0. The molecule has 0 bridgehead atoms. The van der Waals surface area contributed by atoms with Gasteiger partial charge < -0.3 is 15.4 Å². The molecule has 11 heteroatoms. The lowest BCUT2D eigenvalue weighted by Gasteiger charge is -2.27. The molecule has 0 aliphatic rings. The fraction of sp³-hybridized carbons (Fsp3) is 0.241. The molecule has 0 fully saturated rings. The zero-order valence-corrected chi connectivity index (χ0v) is 22.0. The Morgan fingerprint density at radius 3 is 2.15 bits per heavy atom. The Bertz CT molecular complexity index is 1390. The third-order valence-electron chi connectivity index (χ3n) is 5.33. The minimum Gasteiger partial charge on any atom is -0.459 e. The van der Waals surface area contributed by atoms with Crippen molar-refractivity contribution in [2.45, 2.75) is 32.5 Å². The number of halogens is 3. The fourth-order valence-electron chi connectivity index (χ4n) is 3.66. The first-order valence-electron chi connectivity index (χ1n) is 12.2. The van der Waals surface area contributed by atoms with E-state index < -0.39 is 54.1 Å². The van der Waals surface area contributed by atoms with Gasteiger partial charge in [0.25, 0.3) is 0 Å². The lowest BCUT2D eigenvalue weighted by atomic mass is 10.0. The van der Waals surface area contributed by atoms with Crippen molar-refractivity contribution in [2.24, 2.45) is 0 Å². The van der Waals surface area contributed by atoms with Gasteiger partial charge in [-0.2, -0.15) is 13.2 Å². The summed E-state index contributed by atoms with van der Waals surface area (Å²) in [6.07, 6.45) is -4.60. The van der Waals surface area contributed by atoms with Crippen molar-refractivity contribution >= 4 is 35.1 Å². The van der Waals surface area contributed by atoms with E-state index in [4.69, 9.17) is 4.74 Å². The summed E-state index contributed by atoms with van der Waals surface area (Å²) in [5.41, 5.74) is -1.33. The lowest BCUT2D eigenvalue weighted by molar-refractivity contribution is -0.153. The molecule has 3 aromatic rings. The van der Waals surface area contributed by atoms with Crippen molar-refractivity contribution in [3.63, 3.8) is 0 Å². The summed E-state index contributed by atoms with van der Waals surface area (Å²) in [5.74, 6) is -1.91. The van der Waals surface area contributed by atoms with E-state index in [-0.39, 0.29) is 16.9 Å². The van der Waals surface area contributed by atoms with Crippen molar-refractivity contribution < 1.29 is 37.1 Å². The maximum Gasteiger partial charge on any atom is 0.416 e. The van der Waals surface area contributed by atoms with E-state index in [0.29, 0.717) is 5.56 Å². The van der Waals surface area contributed by atoms with E-state index in [9.17, 15) is 32.3 Å². The molecule has 210 valence electrons. The largest absolute Gasteiger partial charge is 0.459 e. The third-order valence-corrected chi connectivity index (χ3v) is 5.33. The maximum absolute atomic E-state index is 13.3. The van der Waals surface area contributed by atoms with Crippen molar-refractivity contribution in [1.29, 1.82) is 0 Å².